The molecule has 0 heterocycles. The van der Waals surface area contributed by atoms with Gasteiger partial charge in [0.2, 0.25) is 0 Å². The third-order valence-electron chi connectivity index (χ3n) is 15.6. The Morgan fingerprint density at radius 2 is 0.476 bits per heavy atom. The summed E-state index contributed by atoms with van der Waals surface area (Å²) in [5.74, 6) is -0.906. The zero-order valence-electron chi connectivity index (χ0n) is 54.5. The van der Waals surface area contributed by atoms with E-state index < -0.39 is 6.10 Å². The number of rotatable bonds is 65. The molecule has 0 saturated carbocycles. The summed E-state index contributed by atoms with van der Waals surface area (Å²) in [5, 5.41) is 0. The molecule has 82 heavy (non-hydrogen) atoms. The zero-order chi connectivity index (χ0) is 59.2. The average Bonchev–Trinajstić information content (AvgIpc) is 3.47. The number of hydrogen-bond donors (Lipinski definition) is 0. The number of carbonyl (C=O) groups is 3. The molecule has 1 unspecified atom stereocenters. The lowest BCUT2D eigenvalue weighted by atomic mass is 10.0. The second-order valence-corrected chi connectivity index (χ2v) is 23.8. The first-order valence-electron chi connectivity index (χ1n) is 35.6. The fourth-order valence-electron chi connectivity index (χ4n) is 10.3. The van der Waals surface area contributed by atoms with E-state index in [-0.39, 0.29) is 31.1 Å². The van der Waals surface area contributed by atoms with E-state index in [1.807, 2.05) is 0 Å². The average molecular weight is 1140 g/mol. The molecule has 0 spiro atoms. The largest absolute Gasteiger partial charge is 0.462 e. The summed E-state index contributed by atoms with van der Waals surface area (Å²) >= 11 is 0. The highest BCUT2D eigenvalue weighted by Crippen LogP contribution is 2.18. The van der Waals surface area contributed by atoms with Gasteiger partial charge < -0.3 is 14.2 Å². The van der Waals surface area contributed by atoms with Crippen LogP contribution in [-0.4, -0.2) is 37.2 Å². The molecular weight excluding hydrogens is 1010 g/mol. The molecule has 0 aliphatic carbocycles. The van der Waals surface area contributed by atoms with Crippen molar-refractivity contribution >= 4 is 17.9 Å². The fourth-order valence-corrected chi connectivity index (χ4v) is 10.3. The van der Waals surface area contributed by atoms with Crippen molar-refractivity contribution in [1.29, 1.82) is 0 Å². The maximum absolute atomic E-state index is 13.0. The third-order valence-corrected chi connectivity index (χ3v) is 15.6. The van der Waals surface area contributed by atoms with E-state index in [0.717, 1.165) is 122 Å². The molecule has 6 nitrogen and oxygen atoms in total. The maximum Gasteiger partial charge on any atom is 0.306 e. The van der Waals surface area contributed by atoms with Gasteiger partial charge in [-0.2, -0.15) is 0 Å². The Labute approximate surface area is 509 Å². The number of ether oxygens (including phenoxy) is 3. The minimum absolute atomic E-state index is 0.0873. The van der Waals surface area contributed by atoms with Crippen LogP contribution in [-0.2, 0) is 28.6 Å². The molecule has 0 bridgehead atoms. The molecule has 474 valence electrons. The highest BCUT2D eigenvalue weighted by Gasteiger charge is 2.19. The molecule has 0 fully saturated rings. The number of unbranched alkanes of at least 4 members (excludes halogenated alkanes) is 40. The molecule has 0 aliphatic rings. The van der Waals surface area contributed by atoms with Crippen LogP contribution in [0.25, 0.3) is 0 Å². The van der Waals surface area contributed by atoms with Crippen LogP contribution in [0.3, 0.4) is 0 Å². The highest BCUT2D eigenvalue weighted by molar-refractivity contribution is 5.71. The van der Waals surface area contributed by atoms with Crippen LogP contribution in [0, 0.1) is 0 Å². The first-order chi connectivity index (χ1) is 40.5. The van der Waals surface area contributed by atoms with Gasteiger partial charge in [0, 0.05) is 19.3 Å². The Morgan fingerprint density at radius 1 is 0.256 bits per heavy atom. The van der Waals surface area contributed by atoms with E-state index in [4.69, 9.17) is 14.2 Å². The van der Waals surface area contributed by atoms with Crippen LogP contribution in [0.4, 0.5) is 0 Å². The molecule has 0 amide bonds. The predicted molar refractivity (Wildman–Crippen MR) is 358 cm³/mol. The quantitative estimate of drug-likeness (QED) is 0.0261. The van der Waals surface area contributed by atoms with Gasteiger partial charge in [0.1, 0.15) is 13.2 Å². The Kier molecular flexibility index (Phi) is 67.2. The first-order valence-corrected chi connectivity index (χ1v) is 35.6. The molecule has 0 radical (unpaired) electrons. The van der Waals surface area contributed by atoms with Crippen LogP contribution in [0.5, 0.6) is 0 Å². The summed E-state index contributed by atoms with van der Waals surface area (Å²) < 4.78 is 17.0. The van der Waals surface area contributed by atoms with Crippen LogP contribution < -0.4 is 0 Å². The van der Waals surface area contributed by atoms with Crippen molar-refractivity contribution in [2.24, 2.45) is 0 Å². The number of hydrogen-bond acceptors (Lipinski definition) is 6. The number of esters is 3. The van der Waals surface area contributed by atoms with Crippen LogP contribution >= 0.6 is 0 Å². The van der Waals surface area contributed by atoms with Gasteiger partial charge in [-0.3, -0.25) is 14.4 Å². The van der Waals surface area contributed by atoms with E-state index >= 15 is 0 Å². The summed E-state index contributed by atoms with van der Waals surface area (Å²) in [5.41, 5.74) is 0. The van der Waals surface area contributed by atoms with Gasteiger partial charge in [-0.15, -0.1) is 0 Å². The second-order valence-electron chi connectivity index (χ2n) is 23.8. The Balaban J connectivity index is 4.35. The number of allylic oxidation sites excluding steroid dienone is 14. The molecule has 0 N–H and O–H groups in total. The van der Waals surface area contributed by atoms with Gasteiger partial charge in [0.15, 0.2) is 6.10 Å². The molecule has 6 heteroatoms. The molecule has 0 saturated heterocycles. The summed E-state index contributed by atoms with van der Waals surface area (Å²) in [6.07, 6.45) is 93.3. The van der Waals surface area contributed by atoms with Gasteiger partial charge in [0.25, 0.3) is 0 Å². The van der Waals surface area contributed by atoms with Crippen molar-refractivity contribution in [2.45, 2.75) is 367 Å². The molecule has 0 aromatic heterocycles. The topological polar surface area (TPSA) is 78.9 Å². The van der Waals surface area contributed by atoms with Crippen molar-refractivity contribution in [3.8, 4) is 0 Å². The van der Waals surface area contributed by atoms with Gasteiger partial charge in [-0.1, -0.05) is 331 Å². The van der Waals surface area contributed by atoms with E-state index in [2.05, 4.69) is 106 Å². The normalized spacial score (nSPS) is 12.6. The highest BCUT2D eigenvalue weighted by atomic mass is 16.6. The van der Waals surface area contributed by atoms with Crippen molar-refractivity contribution in [1.82, 2.24) is 0 Å². The lowest BCUT2D eigenvalue weighted by molar-refractivity contribution is -0.167. The van der Waals surface area contributed by atoms with Gasteiger partial charge in [-0.05, 0) is 96.3 Å². The van der Waals surface area contributed by atoms with E-state index in [1.165, 1.54) is 199 Å². The van der Waals surface area contributed by atoms with Crippen molar-refractivity contribution < 1.29 is 28.6 Å². The minimum atomic E-state index is -0.796. The standard InChI is InChI=1S/C76H134O6/c1-4-7-10-13-16-19-22-25-28-31-33-35-36-37-38-39-41-42-45-48-51-54-57-60-63-66-69-75(78)81-72-73(71-80-74(77)68-65-62-59-56-53-50-47-44-30-27-24-21-18-15-12-9-6-3)82-76(79)70-67-64-61-58-55-52-49-46-43-40-34-32-29-26-23-20-17-14-11-8-5-2/h9,12,18,21,23,26-27,30,32,34,43,46-47,50,73H,4-8,10-11,13-17,19-20,22,24-25,28-29,31,33,35-42,44-45,48-49,51-72H2,1-3H3/b12-9-,21-18-,26-23-,30-27-,34-32-,46-43-,50-47-. The van der Waals surface area contributed by atoms with Crippen LogP contribution in [0.15, 0.2) is 85.1 Å². The molecular formula is C76H134O6. The summed E-state index contributed by atoms with van der Waals surface area (Å²) in [6.45, 7) is 6.54. The summed E-state index contributed by atoms with van der Waals surface area (Å²) in [6, 6.07) is 0. The molecule has 1 atom stereocenters. The fraction of sp³-hybridized carbons (Fsp3) is 0.776. The molecule has 0 aromatic rings. The number of carbonyl (C=O) groups excluding carboxylic acids is 3. The first kappa shape index (κ1) is 78.6. The van der Waals surface area contributed by atoms with Crippen LogP contribution in [0.2, 0.25) is 0 Å². The summed E-state index contributed by atoms with van der Waals surface area (Å²) in [7, 11) is 0. The maximum atomic E-state index is 13.0. The molecule has 0 aliphatic heterocycles. The van der Waals surface area contributed by atoms with Gasteiger partial charge in [-0.25, -0.2) is 0 Å². The van der Waals surface area contributed by atoms with Gasteiger partial charge >= 0.3 is 17.9 Å². The predicted octanol–water partition coefficient (Wildman–Crippen LogP) is 24.6. The second kappa shape index (κ2) is 70.1. The Morgan fingerprint density at radius 3 is 0.744 bits per heavy atom. The monoisotopic (exact) mass is 1140 g/mol. The lowest BCUT2D eigenvalue weighted by Crippen LogP contribution is -2.30. The van der Waals surface area contributed by atoms with E-state index in [1.54, 1.807) is 0 Å². The Bertz CT molecular complexity index is 1550. The minimum Gasteiger partial charge on any atom is -0.462 e. The SMILES string of the molecule is CC/C=C\C/C=C\C/C=C\C/C=C\CCCCCCC(=O)OCC(COC(=O)CCCCCCCCCCCCCCCCCCCCCCCCCCCC)OC(=O)CCCCCCCC/C=C\C/C=C\C/C=C\CCCCCCC. The zero-order valence-corrected chi connectivity index (χ0v) is 54.5. The summed E-state index contributed by atoms with van der Waals surface area (Å²) in [4.78, 5) is 38.5. The Hall–Kier alpha value is -3.41. The van der Waals surface area contributed by atoms with E-state index in [0.29, 0.717) is 19.3 Å². The molecule has 0 aromatic carbocycles. The van der Waals surface area contributed by atoms with E-state index in [9.17, 15) is 14.4 Å². The molecule has 0 rings (SSSR count). The van der Waals surface area contributed by atoms with Gasteiger partial charge in [0.05, 0.1) is 0 Å². The van der Waals surface area contributed by atoms with Crippen molar-refractivity contribution in [3.05, 3.63) is 85.1 Å². The van der Waals surface area contributed by atoms with Crippen molar-refractivity contribution in [2.75, 3.05) is 13.2 Å². The smallest absolute Gasteiger partial charge is 0.306 e. The van der Waals surface area contributed by atoms with Crippen molar-refractivity contribution in [3.63, 3.8) is 0 Å². The van der Waals surface area contributed by atoms with Crippen LogP contribution in [0.1, 0.15) is 361 Å². The lowest BCUT2D eigenvalue weighted by Gasteiger charge is -2.18. The third kappa shape index (κ3) is 67.4.